The highest BCUT2D eigenvalue weighted by molar-refractivity contribution is 7.99. The van der Waals surface area contributed by atoms with Crippen molar-refractivity contribution in [3.8, 4) is 0 Å². The maximum Gasteiger partial charge on any atom is 0.230 e. The topological polar surface area (TPSA) is 29.1 Å². The first-order valence-corrected chi connectivity index (χ1v) is 10.2. The molecule has 0 spiro atoms. The summed E-state index contributed by atoms with van der Waals surface area (Å²) in [4.78, 5) is 12.5. The van der Waals surface area contributed by atoms with Gasteiger partial charge in [0.15, 0.2) is 0 Å². The van der Waals surface area contributed by atoms with E-state index < -0.39 is 0 Å². The summed E-state index contributed by atoms with van der Waals surface area (Å²) in [5, 5.41) is 3.46. The Balaban J connectivity index is 1.29. The van der Waals surface area contributed by atoms with Crippen molar-refractivity contribution >= 4 is 17.7 Å². The van der Waals surface area contributed by atoms with Gasteiger partial charge >= 0.3 is 0 Å². The maximum atomic E-state index is 12.5. The van der Waals surface area contributed by atoms with E-state index in [-0.39, 0.29) is 11.4 Å². The fourth-order valence-corrected chi connectivity index (χ4v) is 6.43. The van der Waals surface area contributed by atoms with E-state index in [9.17, 15) is 4.79 Å². The minimum absolute atomic E-state index is 0.162. The lowest BCUT2D eigenvalue weighted by Crippen LogP contribution is -2.60. The number of rotatable bonds is 5. The molecule has 5 rings (SSSR count). The molecule has 0 saturated heterocycles. The molecular weight excluding hydrogens is 302 g/mol. The highest BCUT2D eigenvalue weighted by Gasteiger charge is 2.51. The fraction of sp³-hybridized carbons (Fsp3) is 0.650. The molecule has 23 heavy (non-hydrogen) atoms. The van der Waals surface area contributed by atoms with Crippen LogP contribution in [-0.4, -0.2) is 17.2 Å². The van der Waals surface area contributed by atoms with E-state index in [1.807, 2.05) is 0 Å². The number of carbonyl (C=O) groups is 1. The molecule has 0 radical (unpaired) electrons. The monoisotopic (exact) mass is 329 g/mol. The standard InChI is InChI=1S/C20H27NOS/c1-14-3-2-4-15(5-14)12-23-13-19(22)21-20-9-16-6-17(10-20)8-18(7-16)11-20/h2-5,16-18H,6-13H2,1H3,(H,21,22). The number of aryl methyl sites for hydroxylation is 1. The van der Waals surface area contributed by atoms with Crippen molar-refractivity contribution in [3.63, 3.8) is 0 Å². The summed E-state index contributed by atoms with van der Waals surface area (Å²) in [6.45, 7) is 2.12. The fourth-order valence-electron chi connectivity index (χ4n) is 5.66. The lowest BCUT2D eigenvalue weighted by atomic mass is 9.53. The minimum Gasteiger partial charge on any atom is -0.350 e. The molecule has 0 atom stereocenters. The van der Waals surface area contributed by atoms with Crippen LogP contribution < -0.4 is 5.32 Å². The lowest BCUT2D eigenvalue weighted by Gasteiger charge is -2.56. The number of thioether (sulfide) groups is 1. The Morgan fingerprint density at radius 3 is 2.43 bits per heavy atom. The van der Waals surface area contributed by atoms with Gasteiger partial charge in [0.05, 0.1) is 5.75 Å². The number of hydrogen-bond donors (Lipinski definition) is 1. The summed E-state index contributed by atoms with van der Waals surface area (Å²) >= 11 is 1.74. The molecule has 3 heteroatoms. The van der Waals surface area contributed by atoms with E-state index in [1.54, 1.807) is 11.8 Å². The Bertz CT molecular complexity index is 562. The predicted octanol–water partition coefficient (Wildman–Crippen LogP) is 4.31. The van der Waals surface area contributed by atoms with E-state index in [4.69, 9.17) is 0 Å². The Morgan fingerprint density at radius 1 is 1.17 bits per heavy atom. The zero-order valence-corrected chi connectivity index (χ0v) is 14.8. The third kappa shape index (κ3) is 3.45. The molecule has 2 nitrogen and oxygen atoms in total. The van der Waals surface area contributed by atoms with Gasteiger partial charge in [-0.1, -0.05) is 29.8 Å². The van der Waals surface area contributed by atoms with Gasteiger partial charge < -0.3 is 5.32 Å². The van der Waals surface area contributed by atoms with Gasteiger partial charge in [-0.2, -0.15) is 0 Å². The quantitative estimate of drug-likeness (QED) is 0.872. The zero-order valence-electron chi connectivity index (χ0n) is 14.0. The van der Waals surface area contributed by atoms with Crippen LogP contribution in [0.1, 0.15) is 49.7 Å². The second-order valence-corrected chi connectivity index (χ2v) is 9.21. The van der Waals surface area contributed by atoms with Gasteiger partial charge in [0.25, 0.3) is 0 Å². The average molecular weight is 330 g/mol. The van der Waals surface area contributed by atoms with Crippen LogP contribution in [0.2, 0.25) is 0 Å². The summed E-state index contributed by atoms with van der Waals surface area (Å²) in [6, 6.07) is 8.58. The molecule has 0 aliphatic heterocycles. The van der Waals surface area contributed by atoms with Crippen molar-refractivity contribution in [3.05, 3.63) is 35.4 Å². The van der Waals surface area contributed by atoms with Gasteiger partial charge in [0, 0.05) is 11.3 Å². The number of hydrogen-bond acceptors (Lipinski definition) is 2. The molecule has 4 aliphatic carbocycles. The molecular formula is C20H27NOS. The number of carbonyl (C=O) groups excluding carboxylic acids is 1. The smallest absolute Gasteiger partial charge is 0.230 e. The largest absolute Gasteiger partial charge is 0.350 e. The van der Waals surface area contributed by atoms with Crippen LogP contribution in [0.15, 0.2) is 24.3 Å². The average Bonchev–Trinajstić information content (AvgIpc) is 2.45. The van der Waals surface area contributed by atoms with Crippen molar-refractivity contribution in [1.29, 1.82) is 0 Å². The van der Waals surface area contributed by atoms with Crippen molar-refractivity contribution in [2.45, 2.75) is 56.7 Å². The van der Waals surface area contributed by atoms with Gasteiger partial charge in [-0.25, -0.2) is 0 Å². The molecule has 1 N–H and O–H groups in total. The first-order valence-electron chi connectivity index (χ1n) is 9.04. The van der Waals surface area contributed by atoms with Gasteiger partial charge in [-0.05, 0) is 68.8 Å². The Hall–Kier alpha value is -0.960. The van der Waals surface area contributed by atoms with Gasteiger partial charge in [0.1, 0.15) is 0 Å². The molecule has 1 aromatic carbocycles. The van der Waals surface area contributed by atoms with Crippen LogP contribution in [0, 0.1) is 24.7 Å². The van der Waals surface area contributed by atoms with E-state index in [0.29, 0.717) is 5.75 Å². The van der Waals surface area contributed by atoms with Crippen molar-refractivity contribution in [1.82, 2.24) is 5.32 Å². The van der Waals surface area contributed by atoms with Crippen molar-refractivity contribution < 1.29 is 4.79 Å². The van der Waals surface area contributed by atoms with E-state index in [2.05, 4.69) is 36.5 Å². The number of amides is 1. The summed E-state index contributed by atoms with van der Waals surface area (Å²) in [6.07, 6.45) is 8.01. The van der Waals surface area contributed by atoms with Crippen LogP contribution in [0.4, 0.5) is 0 Å². The van der Waals surface area contributed by atoms with Crippen LogP contribution in [-0.2, 0) is 10.5 Å². The van der Waals surface area contributed by atoms with Crippen molar-refractivity contribution in [2.75, 3.05) is 5.75 Å². The maximum absolute atomic E-state index is 12.5. The van der Waals surface area contributed by atoms with Gasteiger partial charge in [-0.15, -0.1) is 11.8 Å². The lowest BCUT2D eigenvalue weighted by molar-refractivity contribution is -0.124. The van der Waals surface area contributed by atoms with Crippen molar-refractivity contribution in [2.24, 2.45) is 17.8 Å². The number of nitrogens with one attached hydrogen (secondary N) is 1. The third-order valence-corrected chi connectivity index (χ3v) is 7.03. The molecule has 1 aromatic rings. The molecule has 1 amide bonds. The molecule has 4 fully saturated rings. The van der Waals surface area contributed by atoms with Crippen LogP contribution in [0.5, 0.6) is 0 Å². The normalized spacial score (nSPS) is 34.6. The molecule has 0 heterocycles. The first kappa shape index (κ1) is 15.6. The first-order chi connectivity index (χ1) is 11.1. The Morgan fingerprint density at radius 2 is 1.83 bits per heavy atom. The SMILES string of the molecule is Cc1cccc(CSCC(=O)NC23CC4CC(CC(C4)C2)C3)c1. The van der Waals surface area contributed by atoms with E-state index >= 15 is 0 Å². The molecule has 4 bridgehead atoms. The highest BCUT2D eigenvalue weighted by Crippen LogP contribution is 2.55. The van der Waals surface area contributed by atoms with Gasteiger partial charge in [-0.3, -0.25) is 4.79 Å². The second kappa shape index (κ2) is 6.16. The second-order valence-electron chi connectivity index (χ2n) is 8.23. The zero-order chi connectivity index (χ0) is 15.9. The molecule has 4 aliphatic rings. The predicted molar refractivity (Wildman–Crippen MR) is 96.4 cm³/mol. The Labute approximate surface area is 143 Å². The summed E-state index contributed by atoms with van der Waals surface area (Å²) in [5.41, 5.74) is 2.77. The molecule has 124 valence electrons. The molecule has 0 aromatic heterocycles. The van der Waals surface area contributed by atoms with E-state index in [0.717, 1.165) is 23.5 Å². The van der Waals surface area contributed by atoms with Crippen LogP contribution >= 0.6 is 11.8 Å². The number of benzene rings is 1. The minimum atomic E-state index is 0.162. The van der Waals surface area contributed by atoms with E-state index in [1.165, 1.54) is 49.7 Å². The Kier molecular flexibility index (Phi) is 4.17. The molecule has 4 saturated carbocycles. The highest BCUT2D eigenvalue weighted by atomic mass is 32.2. The van der Waals surface area contributed by atoms with Gasteiger partial charge in [0.2, 0.25) is 5.91 Å². The van der Waals surface area contributed by atoms with Crippen LogP contribution in [0.3, 0.4) is 0 Å². The summed E-state index contributed by atoms with van der Waals surface area (Å²) in [5.74, 6) is 4.44. The van der Waals surface area contributed by atoms with Crippen LogP contribution in [0.25, 0.3) is 0 Å². The molecule has 0 unspecified atom stereocenters. The summed E-state index contributed by atoms with van der Waals surface area (Å²) < 4.78 is 0. The summed E-state index contributed by atoms with van der Waals surface area (Å²) in [7, 11) is 0. The third-order valence-electron chi connectivity index (χ3n) is 6.03.